The Balaban J connectivity index is 0.00000576. The molecule has 1 atom stereocenters. The van der Waals surface area contributed by atoms with E-state index < -0.39 is 23.7 Å². The molecule has 0 aliphatic carbocycles. The molecule has 25 heavy (non-hydrogen) atoms. The molecule has 3 amide bonds. The number of nitrogens with zero attached hydrogens (tertiary/aromatic N) is 1. The number of carbonyl (C=O) groups is 3. The van der Waals surface area contributed by atoms with Gasteiger partial charge < -0.3 is 25.4 Å². The Kier molecular flexibility index (Phi) is 9.82. The molecule has 1 saturated heterocycles. The Hall–Kier alpha value is -0.990. The number of hydrogen-bond donors (Lipinski definition) is 3. The second kappa shape index (κ2) is 10.2. The van der Waals surface area contributed by atoms with E-state index in [0.29, 0.717) is 25.9 Å². The molecule has 9 heteroatoms. The van der Waals surface area contributed by atoms with Crippen molar-refractivity contribution in [2.45, 2.75) is 65.1 Å². The summed E-state index contributed by atoms with van der Waals surface area (Å²) in [5, 5.41) is 14.5. The second-order valence-electron chi connectivity index (χ2n) is 7.42. The van der Waals surface area contributed by atoms with Crippen LogP contribution < -0.4 is 10.6 Å². The van der Waals surface area contributed by atoms with Gasteiger partial charge in [-0.1, -0.05) is 13.8 Å². The van der Waals surface area contributed by atoms with Crippen molar-refractivity contribution in [1.82, 2.24) is 15.5 Å². The third kappa shape index (κ3) is 8.78. The van der Waals surface area contributed by atoms with Crippen LogP contribution in [-0.4, -0.2) is 88.4 Å². The predicted molar refractivity (Wildman–Crippen MR) is 94.5 cm³/mol. The Morgan fingerprint density at radius 3 is 2.08 bits per heavy atom. The van der Waals surface area contributed by atoms with Crippen molar-refractivity contribution in [1.29, 1.82) is 0 Å². The monoisotopic (exact) mass is 366 g/mol. The molecule has 0 aromatic rings. The van der Waals surface area contributed by atoms with Crippen LogP contribution in [-0.2, 0) is 9.53 Å². The van der Waals surface area contributed by atoms with E-state index in [1.54, 1.807) is 39.5 Å². The molecule has 3 N–H and O–H groups in total. The second-order valence-corrected chi connectivity index (χ2v) is 7.42. The minimum absolute atomic E-state index is 0. The topological polar surface area (TPSA) is 108 Å². The number of ether oxygens (including phenoxy) is 1. The number of carbonyl (C=O) groups excluding carboxylic acids is 2. The average molecular weight is 366 g/mol. The molecule has 1 heterocycles. The van der Waals surface area contributed by atoms with Crippen LogP contribution in [0.2, 0.25) is 0 Å². The number of alkyl carbamates (subject to hydrolysis) is 1. The number of carboxylic acids is 1. The summed E-state index contributed by atoms with van der Waals surface area (Å²) < 4.78 is 5.21. The number of urea groups is 1. The number of hydrogen-bond acceptors (Lipinski definition) is 4. The molecule has 0 spiro atoms. The Labute approximate surface area is 171 Å². The van der Waals surface area contributed by atoms with Gasteiger partial charge in [0.05, 0.1) is 0 Å². The normalized spacial score (nSPS) is 16.6. The van der Waals surface area contributed by atoms with Crippen molar-refractivity contribution < 1.29 is 24.2 Å². The first-order chi connectivity index (χ1) is 11.0. The summed E-state index contributed by atoms with van der Waals surface area (Å²) >= 11 is 0. The third-order valence-corrected chi connectivity index (χ3v) is 3.71. The van der Waals surface area contributed by atoms with Crippen LogP contribution in [0.1, 0.15) is 47.5 Å². The molecule has 1 aliphatic heterocycles. The van der Waals surface area contributed by atoms with Crippen molar-refractivity contribution in [3.05, 3.63) is 0 Å². The van der Waals surface area contributed by atoms with E-state index in [-0.39, 0.29) is 47.5 Å². The Morgan fingerprint density at radius 1 is 1.16 bits per heavy atom. The quantitative estimate of drug-likeness (QED) is 0.652. The van der Waals surface area contributed by atoms with Crippen LogP contribution in [0.5, 0.6) is 0 Å². The molecule has 1 aliphatic rings. The van der Waals surface area contributed by atoms with Crippen LogP contribution in [0.3, 0.4) is 0 Å². The number of rotatable bonds is 4. The van der Waals surface area contributed by atoms with Gasteiger partial charge in [0, 0.05) is 48.7 Å². The number of nitrogens with one attached hydrogen (secondary N) is 2. The summed E-state index contributed by atoms with van der Waals surface area (Å²) in [4.78, 5) is 36.6. The summed E-state index contributed by atoms with van der Waals surface area (Å²) in [6.07, 6.45) is 0.745. The van der Waals surface area contributed by atoms with E-state index in [0.717, 1.165) is 0 Å². The third-order valence-electron chi connectivity index (χ3n) is 3.71. The van der Waals surface area contributed by atoms with E-state index >= 15 is 0 Å². The SMILES string of the molecule is CC(C)[C@H](NC(=O)N1CCC(NC(=O)OC(C)(C)C)CC1)C(=O)O.[Na]. The fraction of sp³-hybridized carbons (Fsp3) is 0.812. The average Bonchev–Trinajstić information content (AvgIpc) is 2.42. The maximum atomic E-state index is 12.2. The van der Waals surface area contributed by atoms with Crippen molar-refractivity contribution in [3.8, 4) is 0 Å². The van der Waals surface area contributed by atoms with Gasteiger partial charge in [-0.15, -0.1) is 0 Å². The van der Waals surface area contributed by atoms with Gasteiger partial charge >= 0.3 is 18.1 Å². The number of likely N-dealkylation sites (tertiary alicyclic amines) is 1. The van der Waals surface area contributed by atoms with Gasteiger partial charge in [-0.25, -0.2) is 14.4 Å². The fourth-order valence-electron chi connectivity index (χ4n) is 2.44. The Morgan fingerprint density at radius 2 is 1.68 bits per heavy atom. The van der Waals surface area contributed by atoms with Crippen LogP contribution in [0.15, 0.2) is 0 Å². The Bertz CT molecular complexity index is 471. The molecule has 0 saturated carbocycles. The van der Waals surface area contributed by atoms with Gasteiger partial charge in [-0.05, 0) is 39.5 Å². The molecular weight excluding hydrogens is 337 g/mol. The molecule has 139 valence electrons. The number of piperidine rings is 1. The standard InChI is InChI=1S/C16H29N3O5.Na/c1-10(2)12(13(20)21)18-14(22)19-8-6-11(7-9-19)17-15(23)24-16(3,4)5;/h10-12H,6-9H2,1-5H3,(H,17,23)(H,18,22)(H,20,21);/t12-;/m0./s1. The molecule has 0 unspecified atom stereocenters. The zero-order chi connectivity index (χ0) is 18.5. The maximum absolute atomic E-state index is 12.2. The molecule has 1 fully saturated rings. The van der Waals surface area contributed by atoms with Gasteiger partial charge in [-0.2, -0.15) is 0 Å². The van der Waals surface area contributed by atoms with E-state index in [4.69, 9.17) is 9.84 Å². The molecule has 1 radical (unpaired) electrons. The van der Waals surface area contributed by atoms with Gasteiger partial charge in [0.15, 0.2) is 0 Å². The maximum Gasteiger partial charge on any atom is 0.407 e. The van der Waals surface area contributed by atoms with Crippen LogP contribution in [0, 0.1) is 5.92 Å². The number of aliphatic carboxylic acids is 1. The smallest absolute Gasteiger partial charge is 0.407 e. The summed E-state index contributed by atoms with van der Waals surface area (Å²) in [5.74, 6) is -1.24. The first-order valence-electron chi connectivity index (χ1n) is 8.27. The minimum Gasteiger partial charge on any atom is -0.480 e. The van der Waals surface area contributed by atoms with Crippen molar-refractivity contribution in [2.75, 3.05) is 13.1 Å². The minimum atomic E-state index is -1.04. The zero-order valence-electron chi connectivity index (χ0n) is 16.1. The van der Waals surface area contributed by atoms with Gasteiger partial charge in [0.25, 0.3) is 0 Å². The van der Waals surface area contributed by atoms with Gasteiger partial charge in [0.2, 0.25) is 0 Å². The van der Waals surface area contributed by atoms with E-state index in [2.05, 4.69) is 10.6 Å². The van der Waals surface area contributed by atoms with Crippen molar-refractivity contribution in [2.24, 2.45) is 5.92 Å². The molecule has 0 aromatic heterocycles. The van der Waals surface area contributed by atoms with Gasteiger partial charge in [-0.3, -0.25) is 0 Å². The van der Waals surface area contributed by atoms with Crippen molar-refractivity contribution in [3.63, 3.8) is 0 Å². The predicted octanol–water partition coefficient (Wildman–Crippen LogP) is 1.41. The van der Waals surface area contributed by atoms with Crippen LogP contribution in [0.25, 0.3) is 0 Å². The van der Waals surface area contributed by atoms with E-state index in [9.17, 15) is 14.4 Å². The van der Waals surface area contributed by atoms with Crippen LogP contribution >= 0.6 is 0 Å². The first-order valence-corrected chi connectivity index (χ1v) is 8.27. The number of carboxylic acid groups (broad SMARTS) is 1. The largest absolute Gasteiger partial charge is 0.480 e. The van der Waals surface area contributed by atoms with E-state index in [1.807, 2.05) is 0 Å². The molecule has 8 nitrogen and oxygen atoms in total. The first kappa shape index (κ1) is 24.0. The van der Waals surface area contributed by atoms with Gasteiger partial charge in [0.1, 0.15) is 11.6 Å². The fourth-order valence-corrected chi connectivity index (χ4v) is 2.44. The molecule has 1 rings (SSSR count). The molecule has 0 bridgehead atoms. The van der Waals surface area contributed by atoms with E-state index in [1.165, 1.54) is 0 Å². The number of amides is 3. The molecule has 0 aromatic carbocycles. The summed E-state index contributed by atoms with van der Waals surface area (Å²) in [7, 11) is 0. The zero-order valence-corrected chi connectivity index (χ0v) is 18.1. The molecular formula is C16H29N3NaO5. The van der Waals surface area contributed by atoms with Crippen molar-refractivity contribution >= 4 is 47.7 Å². The summed E-state index contributed by atoms with van der Waals surface area (Å²) in [6.45, 7) is 9.80. The summed E-state index contributed by atoms with van der Waals surface area (Å²) in [6, 6.07) is -1.34. The summed E-state index contributed by atoms with van der Waals surface area (Å²) in [5.41, 5.74) is -0.548. The van der Waals surface area contributed by atoms with Crippen LogP contribution in [0.4, 0.5) is 9.59 Å².